The third-order valence-electron chi connectivity index (χ3n) is 0.827. The minimum absolute atomic E-state index is 0.258. The number of carbonyl (C=O) groups excluding carboxylic acids is 3. The Bertz CT molecular complexity index is 156. The molecule has 0 bridgehead atoms. The van der Waals surface area contributed by atoms with E-state index in [0.29, 0.717) is 0 Å². The molecule has 68 valence electrons. The van der Waals surface area contributed by atoms with Crippen molar-refractivity contribution in [1.82, 2.24) is 10.6 Å². The van der Waals surface area contributed by atoms with E-state index < -0.39 is 17.8 Å². The third-order valence-corrected chi connectivity index (χ3v) is 0.827. The van der Waals surface area contributed by atoms with Gasteiger partial charge in [0.2, 0.25) is 11.8 Å². The molecule has 1 aliphatic heterocycles. The smallest absolute Gasteiger partial charge is 0.277 e. The Morgan fingerprint density at radius 2 is 1.42 bits per heavy atom. The van der Waals surface area contributed by atoms with E-state index in [1.165, 1.54) is 6.42 Å². The average Bonchev–Trinajstić information content (AvgIpc) is 1.84. The average molecular weight is 172 g/mol. The lowest BCUT2D eigenvalue weighted by Crippen LogP contribution is -2.49. The van der Waals surface area contributed by atoms with Crippen LogP contribution in [0.2, 0.25) is 0 Å². The molecule has 2 N–H and O–H groups in total. The van der Waals surface area contributed by atoms with Gasteiger partial charge in [0, 0.05) is 0 Å². The van der Waals surface area contributed by atoms with Gasteiger partial charge < -0.3 is 0 Å². The lowest BCUT2D eigenvalue weighted by atomic mass is 10.3. The number of imide groups is 2. The zero-order valence-electron chi connectivity index (χ0n) is 7.14. The Hall–Kier alpha value is -1.39. The number of hydrogen-bond acceptors (Lipinski definition) is 3. The molecule has 0 aromatic heterocycles. The Labute approximate surface area is 70.5 Å². The first-order valence-corrected chi connectivity index (χ1v) is 3.73. The molecule has 1 rings (SSSR count). The maximum Gasteiger partial charge on any atom is 0.328 e. The molecular weight excluding hydrogens is 160 g/mol. The maximum atomic E-state index is 10.3. The highest BCUT2D eigenvalue weighted by Crippen LogP contribution is 1.85. The molecule has 1 aliphatic rings. The maximum absolute atomic E-state index is 10.3. The lowest BCUT2D eigenvalue weighted by Gasteiger charge is -2.09. The van der Waals surface area contributed by atoms with Crippen molar-refractivity contribution in [2.75, 3.05) is 0 Å². The number of barbiturate groups is 1. The van der Waals surface area contributed by atoms with Gasteiger partial charge in [0.1, 0.15) is 6.42 Å². The van der Waals surface area contributed by atoms with Gasteiger partial charge in [0.25, 0.3) is 0 Å². The summed E-state index contributed by atoms with van der Waals surface area (Å²) in [5, 5.41) is 3.80. The topological polar surface area (TPSA) is 75.3 Å². The summed E-state index contributed by atoms with van der Waals surface area (Å²) >= 11 is 0. The molecule has 0 aromatic rings. The molecule has 0 radical (unpaired) electrons. The first-order chi connectivity index (χ1) is 5.60. The minimum atomic E-state index is -0.740. The summed E-state index contributed by atoms with van der Waals surface area (Å²) in [5.74, 6) is -1.10. The van der Waals surface area contributed by atoms with Crippen molar-refractivity contribution in [1.29, 1.82) is 0 Å². The van der Waals surface area contributed by atoms with E-state index in [0.717, 1.165) is 0 Å². The SMILES string of the molecule is CCC.O=C1CC(=O)NC(=O)N1. The van der Waals surface area contributed by atoms with Gasteiger partial charge in [-0.15, -0.1) is 0 Å². The minimum Gasteiger partial charge on any atom is -0.277 e. The van der Waals surface area contributed by atoms with Gasteiger partial charge in [0.05, 0.1) is 0 Å². The van der Waals surface area contributed by atoms with Crippen LogP contribution in [0, 0.1) is 0 Å². The molecule has 12 heavy (non-hydrogen) atoms. The van der Waals surface area contributed by atoms with E-state index in [4.69, 9.17) is 0 Å². The van der Waals surface area contributed by atoms with E-state index in [9.17, 15) is 14.4 Å². The summed E-state index contributed by atoms with van der Waals surface area (Å²) in [6.45, 7) is 4.25. The number of nitrogens with one attached hydrogen (secondary N) is 2. The first-order valence-electron chi connectivity index (χ1n) is 3.73. The van der Waals surface area contributed by atoms with Crippen molar-refractivity contribution in [3.63, 3.8) is 0 Å². The quantitative estimate of drug-likeness (QED) is 0.511. The molecule has 1 saturated heterocycles. The molecule has 5 nitrogen and oxygen atoms in total. The van der Waals surface area contributed by atoms with Crippen LogP contribution in [-0.4, -0.2) is 17.8 Å². The Morgan fingerprint density at radius 3 is 1.67 bits per heavy atom. The van der Waals surface area contributed by atoms with Crippen molar-refractivity contribution < 1.29 is 14.4 Å². The molecular formula is C7H12N2O3. The monoisotopic (exact) mass is 172 g/mol. The molecule has 4 amide bonds. The Kier molecular flexibility index (Phi) is 4.67. The number of amides is 4. The molecule has 0 atom stereocenters. The normalized spacial score (nSPS) is 15.7. The molecule has 0 aromatic carbocycles. The van der Waals surface area contributed by atoms with Crippen molar-refractivity contribution >= 4 is 17.8 Å². The van der Waals surface area contributed by atoms with Gasteiger partial charge in [-0.05, 0) is 0 Å². The second-order valence-electron chi connectivity index (χ2n) is 2.31. The van der Waals surface area contributed by atoms with E-state index in [1.807, 2.05) is 10.6 Å². The lowest BCUT2D eigenvalue weighted by molar-refractivity contribution is -0.129. The van der Waals surface area contributed by atoms with Crippen molar-refractivity contribution in [2.45, 2.75) is 26.7 Å². The highest BCUT2D eigenvalue weighted by Gasteiger charge is 2.20. The van der Waals surface area contributed by atoms with E-state index >= 15 is 0 Å². The number of rotatable bonds is 0. The Balaban J connectivity index is 0.000000354. The fraction of sp³-hybridized carbons (Fsp3) is 0.571. The number of urea groups is 1. The van der Waals surface area contributed by atoms with Crippen LogP contribution in [-0.2, 0) is 9.59 Å². The van der Waals surface area contributed by atoms with Gasteiger partial charge in [0.15, 0.2) is 0 Å². The van der Waals surface area contributed by atoms with Gasteiger partial charge in [-0.3, -0.25) is 20.2 Å². The summed E-state index contributed by atoms with van der Waals surface area (Å²) in [4.78, 5) is 30.8. The van der Waals surface area contributed by atoms with Gasteiger partial charge in [-0.1, -0.05) is 20.3 Å². The van der Waals surface area contributed by atoms with Crippen LogP contribution < -0.4 is 10.6 Å². The highest BCUT2D eigenvalue weighted by molar-refractivity contribution is 6.14. The zero-order valence-corrected chi connectivity index (χ0v) is 7.14. The van der Waals surface area contributed by atoms with Crippen LogP contribution in [0.4, 0.5) is 4.79 Å². The molecule has 0 unspecified atom stereocenters. The first kappa shape index (κ1) is 10.6. The standard InChI is InChI=1S/C4H4N2O3.C3H8/c7-2-1-3(8)6-4(9)5-2;1-3-2/h1H2,(H2,5,6,7,8,9);3H2,1-2H3. The Morgan fingerprint density at radius 1 is 1.08 bits per heavy atom. The van der Waals surface area contributed by atoms with Crippen molar-refractivity contribution in [3.05, 3.63) is 0 Å². The van der Waals surface area contributed by atoms with Crippen LogP contribution in [0.3, 0.4) is 0 Å². The summed E-state index contributed by atoms with van der Waals surface area (Å²) in [7, 11) is 0. The van der Waals surface area contributed by atoms with Crippen molar-refractivity contribution in [2.24, 2.45) is 0 Å². The largest absolute Gasteiger partial charge is 0.328 e. The summed E-state index contributed by atoms with van der Waals surface area (Å²) in [5.41, 5.74) is 0. The second-order valence-corrected chi connectivity index (χ2v) is 2.31. The van der Waals surface area contributed by atoms with Gasteiger partial charge in [-0.2, -0.15) is 0 Å². The van der Waals surface area contributed by atoms with Crippen LogP contribution >= 0.6 is 0 Å². The molecule has 1 fully saturated rings. The van der Waals surface area contributed by atoms with Crippen LogP contribution in [0.25, 0.3) is 0 Å². The predicted octanol–water partition coefficient (Wildman–Crippen LogP) is 0.159. The summed E-state index contributed by atoms with van der Waals surface area (Å²) in [6, 6.07) is -0.740. The number of hydrogen-bond donors (Lipinski definition) is 2. The van der Waals surface area contributed by atoms with Gasteiger partial charge >= 0.3 is 6.03 Å². The summed E-state index contributed by atoms with van der Waals surface area (Å²) in [6.07, 6.45) is 0.992. The van der Waals surface area contributed by atoms with Crippen LogP contribution in [0.5, 0.6) is 0 Å². The van der Waals surface area contributed by atoms with Crippen molar-refractivity contribution in [3.8, 4) is 0 Å². The summed E-state index contributed by atoms with van der Waals surface area (Å²) < 4.78 is 0. The van der Waals surface area contributed by atoms with Crippen LogP contribution in [0.1, 0.15) is 26.7 Å². The van der Waals surface area contributed by atoms with E-state index in [2.05, 4.69) is 13.8 Å². The molecule has 5 heteroatoms. The van der Waals surface area contributed by atoms with E-state index in [-0.39, 0.29) is 6.42 Å². The molecule has 0 aliphatic carbocycles. The fourth-order valence-corrected chi connectivity index (χ4v) is 0.519. The third kappa shape index (κ3) is 4.43. The molecule has 1 heterocycles. The molecule has 0 saturated carbocycles. The van der Waals surface area contributed by atoms with Crippen LogP contribution in [0.15, 0.2) is 0 Å². The van der Waals surface area contributed by atoms with E-state index in [1.54, 1.807) is 0 Å². The second kappa shape index (κ2) is 5.29. The number of carbonyl (C=O) groups is 3. The predicted molar refractivity (Wildman–Crippen MR) is 42.3 cm³/mol. The fourth-order valence-electron chi connectivity index (χ4n) is 0.519. The zero-order chi connectivity index (χ0) is 9.56. The highest BCUT2D eigenvalue weighted by atomic mass is 16.2. The van der Waals surface area contributed by atoms with Gasteiger partial charge in [-0.25, -0.2) is 4.79 Å². The molecule has 0 spiro atoms.